The van der Waals surface area contributed by atoms with E-state index in [1.807, 2.05) is 36.4 Å². The molecular formula is C54H60N2O6. The maximum absolute atomic E-state index is 6.89. The fourth-order valence-corrected chi connectivity index (χ4v) is 8.59. The summed E-state index contributed by atoms with van der Waals surface area (Å²) in [7, 11) is 0. The number of likely N-dealkylation sites (tertiary alicyclic amines) is 2. The van der Waals surface area contributed by atoms with E-state index >= 15 is 0 Å². The van der Waals surface area contributed by atoms with Crippen LogP contribution in [0.3, 0.4) is 0 Å². The van der Waals surface area contributed by atoms with Crippen LogP contribution in [-0.4, -0.2) is 85.7 Å². The van der Waals surface area contributed by atoms with Crippen molar-refractivity contribution >= 4 is 0 Å². The van der Waals surface area contributed by atoms with Crippen molar-refractivity contribution in [3.8, 4) is 0 Å². The third-order valence-corrected chi connectivity index (χ3v) is 11.9. The first kappa shape index (κ1) is 43.6. The summed E-state index contributed by atoms with van der Waals surface area (Å²) in [4.78, 5) is 5.05. The molecule has 0 aliphatic carbocycles. The van der Waals surface area contributed by atoms with Crippen LogP contribution in [0, 0.1) is 0 Å². The molecule has 0 unspecified atom stereocenters. The van der Waals surface area contributed by atoms with Gasteiger partial charge in [0.25, 0.3) is 0 Å². The molecule has 6 atom stereocenters. The van der Waals surface area contributed by atoms with E-state index in [2.05, 4.69) is 155 Å². The van der Waals surface area contributed by atoms with Crippen LogP contribution in [0.2, 0.25) is 0 Å². The smallest absolute Gasteiger partial charge is 0.103 e. The summed E-state index contributed by atoms with van der Waals surface area (Å²) in [6.45, 7) is 7.08. The van der Waals surface area contributed by atoms with Gasteiger partial charge >= 0.3 is 0 Å². The lowest BCUT2D eigenvalue weighted by molar-refractivity contribution is -0.0832. The first-order chi connectivity index (χ1) is 30.7. The Labute approximate surface area is 367 Å². The van der Waals surface area contributed by atoms with E-state index in [9.17, 15) is 0 Å². The summed E-state index contributed by atoms with van der Waals surface area (Å²) in [6, 6.07) is 62.3. The van der Waals surface area contributed by atoms with E-state index in [4.69, 9.17) is 28.4 Å². The van der Waals surface area contributed by atoms with Gasteiger partial charge in [0.15, 0.2) is 0 Å². The van der Waals surface area contributed by atoms with E-state index in [1.165, 1.54) is 0 Å². The Kier molecular flexibility index (Phi) is 16.5. The van der Waals surface area contributed by atoms with Crippen molar-refractivity contribution in [2.75, 3.05) is 39.4 Å². The van der Waals surface area contributed by atoms with Gasteiger partial charge in [0.05, 0.1) is 77.1 Å². The van der Waals surface area contributed by atoms with E-state index in [0.717, 1.165) is 59.6 Å². The lowest BCUT2D eigenvalue weighted by Gasteiger charge is -2.32. The van der Waals surface area contributed by atoms with Gasteiger partial charge in [0, 0.05) is 26.2 Å². The minimum Gasteiger partial charge on any atom is -0.375 e. The van der Waals surface area contributed by atoms with E-state index in [-0.39, 0.29) is 36.5 Å². The van der Waals surface area contributed by atoms with Crippen molar-refractivity contribution in [3.63, 3.8) is 0 Å². The van der Waals surface area contributed by atoms with Gasteiger partial charge in [0.2, 0.25) is 0 Å². The zero-order valence-corrected chi connectivity index (χ0v) is 35.6. The monoisotopic (exact) mass is 832 g/mol. The Morgan fingerprint density at radius 1 is 0.323 bits per heavy atom. The van der Waals surface area contributed by atoms with Gasteiger partial charge in [-0.1, -0.05) is 182 Å². The van der Waals surface area contributed by atoms with E-state index in [0.29, 0.717) is 52.9 Å². The Hall–Kier alpha value is -5.00. The molecule has 2 heterocycles. The quantitative estimate of drug-likeness (QED) is 0.0634. The van der Waals surface area contributed by atoms with Crippen molar-refractivity contribution in [3.05, 3.63) is 215 Å². The predicted molar refractivity (Wildman–Crippen MR) is 243 cm³/mol. The molecule has 2 aliphatic rings. The molecule has 0 amide bonds. The molecule has 8 rings (SSSR count). The van der Waals surface area contributed by atoms with Crippen molar-refractivity contribution in [1.29, 1.82) is 0 Å². The maximum atomic E-state index is 6.89. The third-order valence-electron chi connectivity index (χ3n) is 11.9. The largest absolute Gasteiger partial charge is 0.375 e. The van der Waals surface area contributed by atoms with Crippen molar-refractivity contribution < 1.29 is 28.4 Å². The SMILES string of the molecule is c1ccc(COC[C@H]2[C@@H](OCc3ccccc3)[C@@H](OCc3ccccc3)CN2CCN2C[C@H](OCc3ccccc3)[C@H](OCc3ccccc3)[C@@H]2COCc2ccccc2)cc1. The van der Waals surface area contributed by atoms with Gasteiger partial charge in [-0.15, -0.1) is 0 Å². The van der Waals surface area contributed by atoms with Gasteiger partial charge in [-0.05, 0) is 33.4 Å². The van der Waals surface area contributed by atoms with Gasteiger partial charge in [-0.3, -0.25) is 9.80 Å². The highest BCUT2D eigenvalue weighted by molar-refractivity contribution is 5.18. The molecular weight excluding hydrogens is 773 g/mol. The van der Waals surface area contributed by atoms with Gasteiger partial charge in [-0.2, -0.15) is 0 Å². The minimum absolute atomic E-state index is 0.0335. The molecule has 62 heavy (non-hydrogen) atoms. The van der Waals surface area contributed by atoms with Crippen LogP contribution < -0.4 is 0 Å². The molecule has 2 aliphatic heterocycles. The molecule has 2 saturated heterocycles. The minimum atomic E-state index is -0.206. The summed E-state index contributed by atoms with van der Waals surface area (Å²) in [5.74, 6) is 0. The Bertz CT molecular complexity index is 1960. The summed E-state index contributed by atoms with van der Waals surface area (Å²) < 4.78 is 40.4. The second kappa shape index (κ2) is 23.4. The predicted octanol–water partition coefficient (Wildman–Crippen LogP) is 9.13. The number of benzene rings is 6. The highest BCUT2D eigenvalue weighted by atomic mass is 16.6. The van der Waals surface area contributed by atoms with Crippen molar-refractivity contribution in [2.45, 2.75) is 76.1 Å². The Balaban J connectivity index is 1.03. The lowest BCUT2D eigenvalue weighted by atomic mass is 10.1. The number of hydrogen-bond donors (Lipinski definition) is 0. The van der Waals surface area contributed by atoms with Gasteiger partial charge in [0.1, 0.15) is 12.2 Å². The molecule has 2 fully saturated rings. The molecule has 0 spiro atoms. The third kappa shape index (κ3) is 12.8. The van der Waals surface area contributed by atoms with Gasteiger partial charge < -0.3 is 28.4 Å². The van der Waals surface area contributed by atoms with Crippen molar-refractivity contribution in [1.82, 2.24) is 9.80 Å². The Morgan fingerprint density at radius 3 is 0.871 bits per heavy atom. The molecule has 6 aromatic carbocycles. The number of hydrogen-bond acceptors (Lipinski definition) is 8. The number of ether oxygens (including phenoxy) is 6. The van der Waals surface area contributed by atoms with Crippen LogP contribution in [0.15, 0.2) is 182 Å². The number of nitrogens with zero attached hydrogens (tertiary/aromatic N) is 2. The summed E-state index contributed by atoms with van der Waals surface area (Å²) in [6.07, 6.45) is -0.724. The topological polar surface area (TPSA) is 61.9 Å². The van der Waals surface area contributed by atoms with Crippen LogP contribution in [0.4, 0.5) is 0 Å². The van der Waals surface area contributed by atoms with Crippen molar-refractivity contribution in [2.24, 2.45) is 0 Å². The molecule has 0 saturated carbocycles. The average molecular weight is 833 g/mol. The average Bonchev–Trinajstić information content (AvgIpc) is 3.85. The zero-order chi connectivity index (χ0) is 42.0. The zero-order valence-electron chi connectivity index (χ0n) is 35.6. The fourth-order valence-electron chi connectivity index (χ4n) is 8.59. The van der Waals surface area contributed by atoms with E-state index < -0.39 is 0 Å². The lowest BCUT2D eigenvalue weighted by Crippen LogP contribution is -2.47. The molecule has 8 nitrogen and oxygen atoms in total. The molecule has 0 bridgehead atoms. The first-order valence-corrected chi connectivity index (χ1v) is 22.1. The van der Waals surface area contributed by atoms with Crippen LogP contribution in [0.1, 0.15) is 33.4 Å². The molecule has 0 aromatic heterocycles. The summed E-state index contributed by atoms with van der Waals surface area (Å²) in [5, 5.41) is 0. The van der Waals surface area contributed by atoms with Crippen LogP contribution >= 0.6 is 0 Å². The van der Waals surface area contributed by atoms with Gasteiger partial charge in [-0.25, -0.2) is 0 Å². The normalized spacial score (nSPS) is 21.7. The van der Waals surface area contributed by atoms with Crippen LogP contribution in [0.25, 0.3) is 0 Å². The highest BCUT2D eigenvalue weighted by Gasteiger charge is 2.46. The van der Waals surface area contributed by atoms with Crippen LogP contribution in [0.5, 0.6) is 0 Å². The standard InChI is InChI=1S/C54H60N2O6/c1-7-19-43(20-8-1)35-57-41-49-53(61-39-47-27-15-5-16-28-47)51(59-37-45-23-11-3-12-24-45)33-55(49)31-32-56-34-52(60-38-46-25-13-4-14-26-46)54(62-40-48-29-17-6-18-30-48)50(56)42-58-36-44-21-9-2-10-22-44/h1-30,49-54H,31-42H2/t49-,50-,51-,52-,53+,54+/m0/s1. The molecule has 322 valence electrons. The van der Waals surface area contributed by atoms with Crippen LogP contribution in [-0.2, 0) is 68.1 Å². The molecule has 8 heteroatoms. The number of rotatable bonds is 23. The maximum Gasteiger partial charge on any atom is 0.103 e. The summed E-state index contributed by atoms with van der Waals surface area (Å²) >= 11 is 0. The second-order valence-electron chi connectivity index (χ2n) is 16.3. The van der Waals surface area contributed by atoms with E-state index in [1.54, 1.807) is 0 Å². The second-order valence-corrected chi connectivity index (χ2v) is 16.3. The first-order valence-electron chi connectivity index (χ1n) is 22.1. The molecule has 0 N–H and O–H groups in total. The highest BCUT2D eigenvalue weighted by Crippen LogP contribution is 2.30. The Morgan fingerprint density at radius 2 is 0.581 bits per heavy atom. The fraction of sp³-hybridized carbons (Fsp3) is 0.333. The molecule has 0 radical (unpaired) electrons. The summed E-state index contributed by atoms with van der Waals surface area (Å²) in [5.41, 5.74) is 6.85. The molecule has 6 aromatic rings.